The Labute approximate surface area is 158 Å². The Morgan fingerprint density at radius 2 is 0.929 bits per heavy atom. The maximum atomic E-state index is 10.9. The van der Waals surface area contributed by atoms with E-state index in [-0.39, 0.29) is 11.5 Å². The van der Waals surface area contributed by atoms with Gasteiger partial charge in [-0.15, -0.1) is 0 Å². The number of rotatable bonds is 1. The molecule has 2 aromatic heterocycles. The van der Waals surface area contributed by atoms with Crippen molar-refractivity contribution < 1.29 is 19.0 Å². The van der Waals surface area contributed by atoms with Gasteiger partial charge in [0, 0.05) is 32.7 Å². The number of hydrogen-bond acceptors (Lipinski definition) is 4. The third kappa shape index (κ3) is 1.89. The summed E-state index contributed by atoms with van der Waals surface area (Å²) in [6.45, 7) is 0. The van der Waals surface area contributed by atoms with Crippen molar-refractivity contribution in [1.82, 2.24) is 0 Å². The van der Waals surface area contributed by atoms with Gasteiger partial charge in [-0.3, -0.25) is 0 Å². The van der Waals surface area contributed by atoms with E-state index in [9.17, 15) is 10.2 Å². The van der Waals surface area contributed by atoms with Crippen LogP contribution in [0.4, 0.5) is 0 Å². The van der Waals surface area contributed by atoms with Crippen molar-refractivity contribution >= 4 is 43.5 Å². The fraction of sp³-hybridized carbons (Fsp3) is 0. The number of fused-ring (bicyclic) bond motifs is 6. The largest absolute Gasteiger partial charge is 0.507 e. The monoisotopic (exact) mass is 366 g/mol. The second kappa shape index (κ2) is 5.30. The summed E-state index contributed by atoms with van der Waals surface area (Å²) < 4.78 is 11.1. The third-order valence-electron chi connectivity index (χ3n) is 5.44. The quantitative estimate of drug-likeness (QED) is 0.346. The molecule has 0 atom stereocenters. The Bertz CT molecular complexity index is 1420. The third-order valence-corrected chi connectivity index (χ3v) is 5.44. The molecule has 134 valence electrons. The number of phenols is 2. The van der Waals surface area contributed by atoms with Crippen LogP contribution in [0.3, 0.4) is 0 Å². The van der Waals surface area contributed by atoms with Crippen molar-refractivity contribution in [3.05, 3.63) is 73.2 Å². The van der Waals surface area contributed by atoms with Gasteiger partial charge in [0.25, 0.3) is 0 Å². The molecule has 0 aliphatic heterocycles. The van der Waals surface area contributed by atoms with Crippen molar-refractivity contribution in [3.8, 4) is 22.6 Å². The molecule has 0 fully saturated rings. The van der Waals surface area contributed by atoms with Gasteiger partial charge in [-0.25, -0.2) is 0 Å². The summed E-state index contributed by atoms with van der Waals surface area (Å²) >= 11 is 0. The molecule has 28 heavy (non-hydrogen) atoms. The number of hydrogen-bond donors (Lipinski definition) is 2. The van der Waals surface area contributed by atoms with Gasteiger partial charge in [0.15, 0.2) is 0 Å². The Kier molecular flexibility index (Phi) is 2.87. The molecule has 0 aliphatic rings. The minimum Gasteiger partial charge on any atom is -0.507 e. The molecule has 6 rings (SSSR count). The first-order valence-electron chi connectivity index (χ1n) is 8.96. The molecule has 2 heterocycles. The molecule has 0 bridgehead atoms. The van der Waals surface area contributed by atoms with Crippen LogP contribution >= 0.6 is 0 Å². The smallest absolute Gasteiger partial charge is 0.134 e. The van der Waals surface area contributed by atoms with Gasteiger partial charge < -0.3 is 19.0 Å². The van der Waals surface area contributed by atoms with Crippen LogP contribution in [0.1, 0.15) is 0 Å². The predicted molar refractivity (Wildman–Crippen MR) is 110 cm³/mol. The summed E-state index contributed by atoms with van der Waals surface area (Å²) in [7, 11) is 0. The fourth-order valence-corrected chi connectivity index (χ4v) is 4.22. The lowest BCUT2D eigenvalue weighted by Crippen LogP contribution is -1.88. The van der Waals surface area contributed by atoms with Gasteiger partial charge >= 0.3 is 0 Å². The van der Waals surface area contributed by atoms with E-state index < -0.39 is 0 Å². The highest BCUT2D eigenvalue weighted by Gasteiger charge is 2.20. The zero-order chi connectivity index (χ0) is 18.8. The molecule has 0 unspecified atom stereocenters. The van der Waals surface area contributed by atoms with E-state index in [4.69, 9.17) is 8.83 Å². The number of benzene rings is 4. The number of furan rings is 2. The van der Waals surface area contributed by atoms with E-state index in [1.165, 1.54) is 0 Å². The average Bonchev–Trinajstić information content (AvgIpc) is 3.37. The van der Waals surface area contributed by atoms with Crippen molar-refractivity contribution in [2.75, 3.05) is 0 Å². The van der Waals surface area contributed by atoms with Crippen molar-refractivity contribution in [1.29, 1.82) is 0 Å². The second-order valence-electron chi connectivity index (χ2n) is 6.91. The molecule has 0 saturated carbocycles. The maximum Gasteiger partial charge on any atom is 0.134 e. The average molecular weight is 366 g/mol. The minimum absolute atomic E-state index is 0.101. The Morgan fingerprint density at radius 3 is 1.39 bits per heavy atom. The Morgan fingerprint density at radius 1 is 0.500 bits per heavy atom. The lowest BCUT2D eigenvalue weighted by atomic mass is 9.90. The first-order valence-corrected chi connectivity index (χ1v) is 8.96. The van der Waals surface area contributed by atoms with E-state index in [0.717, 1.165) is 43.5 Å². The van der Waals surface area contributed by atoms with E-state index in [0.29, 0.717) is 11.1 Å². The highest BCUT2D eigenvalue weighted by Crippen LogP contribution is 2.48. The van der Waals surface area contributed by atoms with Crippen LogP contribution in [0.2, 0.25) is 0 Å². The van der Waals surface area contributed by atoms with Crippen molar-refractivity contribution in [2.24, 2.45) is 0 Å². The van der Waals surface area contributed by atoms with Gasteiger partial charge in [0.2, 0.25) is 0 Å². The van der Waals surface area contributed by atoms with Crippen molar-refractivity contribution in [2.45, 2.75) is 0 Å². The lowest BCUT2D eigenvalue weighted by Gasteiger charge is -2.15. The molecule has 4 nitrogen and oxygen atoms in total. The first-order chi connectivity index (χ1) is 13.7. The van der Waals surface area contributed by atoms with Crippen LogP contribution in [0.25, 0.3) is 54.6 Å². The fourth-order valence-electron chi connectivity index (χ4n) is 4.22. The molecule has 2 N–H and O–H groups in total. The molecule has 4 aromatic carbocycles. The summed E-state index contributed by atoms with van der Waals surface area (Å²) in [4.78, 5) is 0. The normalized spacial score (nSPS) is 11.9. The molecule has 0 spiro atoms. The van der Waals surface area contributed by atoms with E-state index in [1.54, 1.807) is 24.7 Å². The molecule has 0 aliphatic carbocycles. The molecular formula is C24H14O4. The lowest BCUT2D eigenvalue weighted by molar-refractivity contribution is 0.470. The number of aromatic hydroxyl groups is 2. The summed E-state index contributed by atoms with van der Waals surface area (Å²) in [5, 5.41) is 27.2. The Balaban J connectivity index is 1.91. The maximum absolute atomic E-state index is 10.9. The summed E-state index contributed by atoms with van der Waals surface area (Å²) in [6, 6.07) is 18.6. The van der Waals surface area contributed by atoms with Crippen LogP contribution in [-0.2, 0) is 0 Å². The van der Waals surface area contributed by atoms with Crippen LogP contribution < -0.4 is 0 Å². The van der Waals surface area contributed by atoms with Crippen LogP contribution in [-0.4, -0.2) is 10.2 Å². The standard InChI is InChI=1S/C24H14O4/c25-17-5-1-13-3-7-19-15(9-11-27-19)21(13)23(17)24-18(26)6-2-14-4-8-20-16(22(14)24)10-12-28-20/h1-12,25-26H. The molecule has 6 aromatic rings. The molecule has 4 heteroatoms. The zero-order valence-corrected chi connectivity index (χ0v) is 14.6. The second-order valence-corrected chi connectivity index (χ2v) is 6.91. The van der Waals surface area contributed by atoms with Gasteiger partial charge in [-0.2, -0.15) is 0 Å². The van der Waals surface area contributed by atoms with Crippen molar-refractivity contribution in [3.63, 3.8) is 0 Å². The highest BCUT2D eigenvalue weighted by atomic mass is 16.3. The highest BCUT2D eigenvalue weighted by molar-refractivity contribution is 6.22. The Hall–Kier alpha value is -3.92. The molecule has 0 amide bonds. The topological polar surface area (TPSA) is 66.7 Å². The summed E-state index contributed by atoms with van der Waals surface area (Å²) in [5.41, 5.74) is 2.63. The summed E-state index contributed by atoms with van der Waals surface area (Å²) in [5.74, 6) is 0.203. The van der Waals surface area contributed by atoms with Gasteiger partial charge in [-0.05, 0) is 47.2 Å². The molecule has 0 radical (unpaired) electrons. The van der Waals surface area contributed by atoms with E-state index in [2.05, 4.69) is 0 Å². The van der Waals surface area contributed by atoms with E-state index in [1.807, 2.05) is 48.5 Å². The van der Waals surface area contributed by atoms with Gasteiger partial charge in [0.1, 0.15) is 22.7 Å². The summed E-state index contributed by atoms with van der Waals surface area (Å²) in [6.07, 6.45) is 3.27. The molecule has 0 saturated heterocycles. The number of phenolic OH excluding ortho intramolecular Hbond substituents is 2. The van der Waals surface area contributed by atoms with E-state index >= 15 is 0 Å². The first kappa shape index (κ1) is 15.2. The van der Waals surface area contributed by atoms with Crippen LogP contribution in [0.5, 0.6) is 11.5 Å². The van der Waals surface area contributed by atoms with Gasteiger partial charge in [-0.1, -0.05) is 24.3 Å². The SMILES string of the molecule is Oc1ccc2ccc3occc3c2c1-c1c(O)ccc2ccc3occc3c12. The predicted octanol–water partition coefficient (Wildman–Crippen LogP) is 6.56. The van der Waals surface area contributed by atoms with Crippen LogP contribution in [0.15, 0.2) is 82.0 Å². The van der Waals surface area contributed by atoms with Gasteiger partial charge in [0.05, 0.1) is 12.5 Å². The zero-order valence-electron chi connectivity index (χ0n) is 14.6. The van der Waals surface area contributed by atoms with Crippen LogP contribution in [0, 0.1) is 0 Å². The minimum atomic E-state index is 0.101. The molecular weight excluding hydrogens is 352 g/mol.